The molecule has 4 heteroatoms. The highest BCUT2D eigenvalue weighted by Gasteiger charge is 1.80. The van der Waals surface area contributed by atoms with Crippen LogP contribution < -0.4 is 0 Å². The minimum atomic E-state index is -3.13. The maximum Gasteiger partial charge on any atom is 0.314 e. The topological polar surface area (TPSA) is 57.5 Å². The average molecular weight is 154 g/mol. The molecule has 9 heavy (non-hydrogen) atoms. The van der Waals surface area contributed by atoms with Crippen molar-refractivity contribution in [2.45, 2.75) is 27.2 Å². The molecule has 0 fully saturated rings. The fraction of sp³-hybridized carbons (Fsp3) is 1.00. The van der Waals surface area contributed by atoms with Crippen molar-refractivity contribution in [2.75, 3.05) is 0 Å². The van der Waals surface area contributed by atoms with Gasteiger partial charge < -0.3 is 9.79 Å². The molecule has 0 aromatic rings. The van der Waals surface area contributed by atoms with E-state index < -0.39 is 8.25 Å². The fourth-order valence-corrected chi connectivity index (χ4v) is 0. The summed E-state index contributed by atoms with van der Waals surface area (Å²) < 4.78 is 8.74. The van der Waals surface area contributed by atoms with Gasteiger partial charge in [0.2, 0.25) is 0 Å². The van der Waals surface area contributed by atoms with Gasteiger partial charge in [0.25, 0.3) is 0 Å². The first kappa shape index (κ1) is 11.9. The van der Waals surface area contributed by atoms with E-state index in [0.717, 1.165) is 5.92 Å². The van der Waals surface area contributed by atoms with E-state index in [4.69, 9.17) is 14.4 Å². The lowest BCUT2D eigenvalue weighted by molar-refractivity contribution is 0.405. The lowest BCUT2D eigenvalue weighted by atomic mass is 10.2. The van der Waals surface area contributed by atoms with E-state index in [1.54, 1.807) is 0 Å². The molecule has 0 spiro atoms. The standard InChI is InChI=1S/C5H12.H3O3P/c1-4-5(2)3;1-4(2)3/h5H,4H2,1-3H3;4H,(H2,1,2,3). The molecule has 2 N–H and O–H groups in total. The Labute approximate surface area is 56.7 Å². The molecule has 0 amide bonds. The van der Waals surface area contributed by atoms with Crippen LogP contribution >= 0.6 is 8.25 Å². The highest BCUT2D eigenvalue weighted by atomic mass is 31.1. The van der Waals surface area contributed by atoms with Crippen molar-refractivity contribution in [3.63, 3.8) is 0 Å². The molecular weight excluding hydrogens is 139 g/mol. The van der Waals surface area contributed by atoms with E-state index in [-0.39, 0.29) is 0 Å². The highest BCUT2D eigenvalue weighted by molar-refractivity contribution is 7.30. The van der Waals surface area contributed by atoms with Gasteiger partial charge in [0, 0.05) is 0 Å². The van der Waals surface area contributed by atoms with Gasteiger partial charge in [0.15, 0.2) is 0 Å². The molecule has 0 saturated heterocycles. The molecule has 0 aliphatic heterocycles. The van der Waals surface area contributed by atoms with Crippen LogP contribution in [-0.2, 0) is 4.57 Å². The van der Waals surface area contributed by atoms with Crippen LogP contribution in [0.15, 0.2) is 0 Å². The van der Waals surface area contributed by atoms with Crippen molar-refractivity contribution in [3.8, 4) is 0 Å². The summed E-state index contributed by atoms with van der Waals surface area (Å²) in [4.78, 5) is 14.3. The summed E-state index contributed by atoms with van der Waals surface area (Å²) in [7, 11) is -3.13. The van der Waals surface area contributed by atoms with Gasteiger partial charge in [-0.15, -0.1) is 0 Å². The Hall–Kier alpha value is 0.150. The van der Waals surface area contributed by atoms with Gasteiger partial charge in [-0.2, -0.15) is 0 Å². The number of hydrogen-bond donors (Lipinski definition) is 2. The van der Waals surface area contributed by atoms with Crippen molar-refractivity contribution in [2.24, 2.45) is 5.92 Å². The molecule has 0 aliphatic rings. The number of hydrogen-bond acceptors (Lipinski definition) is 1. The SMILES string of the molecule is CCC(C)C.O=[PH](O)O. The third-order valence-electron chi connectivity index (χ3n) is 0.816. The Bertz CT molecular complexity index is 68.6. The summed E-state index contributed by atoms with van der Waals surface area (Å²) in [5, 5.41) is 0. The van der Waals surface area contributed by atoms with E-state index in [0.29, 0.717) is 0 Å². The molecule has 0 aliphatic carbocycles. The Balaban J connectivity index is 0. The third kappa shape index (κ3) is 66.7. The van der Waals surface area contributed by atoms with Gasteiger partial charge in [-0.1, -0.05) is 27.2 Å². The molecule has 0 atom stereocenters. The zero-order valence-corrected chi connectivity index (χ0v) is 7.09. The predicted molar refractivity (Wildman–Crippen MR) is 38.6 cm³/mol. The van der Waals surface area contributed by atoms with Crippen molar-refractivity contribution in [1.29, 1.82) is 0 Å². The molecule has 0 aromatic carbocycles. The summed E-state index contributed by atoms with van der Waals surface area (Å²) >= 11 is 0. The van der Waals surface area contributed by atoms with Crippen molar-refractivity contribution in [1.82, 2.24) is 0 Å². The van der Waals surface area contributed by atoms with Gasteiger partial charge in [-0.3, -0.25) is 4.57 Å². The summed E-state index contributed by atoms with van der Waals surface area (Å²) in [6.45, 7) is 6.64. The lowest BCUT2D eigenvalue weighted by Gasteiger charge is -1.90. The van der Waals surface area contributed by atoms with Gasteiger partial charge >= 0.3 is 8.25 Å². The molecular formula is C5H15O3P. The quantitative estimate of drug-likeness (QED) is 0.561. The molecule has 0 bridgehead atoms. The Morgan fingerprint density at radius 2 is 1.56 bits per heavy atom. The van der Waals surface area contributed by atoms with Crippen LogP contribution in [0.3, 0.4) is 0 Å². The van der Waals surface area contributed by atoms with Crippen LogP contribution in [0, 0.1) is 5.92 Å². The molecule has 0 aromatic heterocycles. The van der Waals surface area contributed by atoms with Gasteiger partial charge in [0.05, 0.1) is 0 Å². The maximum atomic E-state index is 8.74. The van der Waals surface area contributed by atoms with Crippen LogP contribution in [0.2, 0.25) is 0 Å². The molecule has 0 heterocycles. The normalized spacial score (nSPS) is 9.22. The second-order valence-corrected chi connectivity index (χ2v) is 2.65. The highest BCUT2D eigenvalue weighted by Crippen LogP contribution is 1.98. The van der Waals surface area contributed by atoms with E-state index in [1.807, 2.05) is 0 Å². The smallest absolute Gasteiger partial charge is 0.314 e. The monoisotopic (exact) mass is 154 g/mol. The van der Waals surface area contributed by atoms with Crippen LogP contribution in [0.25, 0.3) is 0 Å². The Morgan fingerprint density at radius 3 is 1.56 bits per heavy atom. The lowest BCUT2D eigenvalue weighted by Crippen LogP contribution is -1.77. The Morgan fingerprint density at radius 1 is 1.44 bits per heavy atom. The first-order chi connectivity index (χ1) is 4.00. The molecule has 3 nitrogen and oxygen atoms in total. The molecule has 0 rings (SSSR count). The fourth-order valence-electron chi connectivity index (χ4n) is 0. The maximum absolute atomic E-state index is 8.74. The second-order valence-electron chi connectivity index (χ2n) is 2.08. The van der Waals surface area contributed by atoms with Gasteiger partial charge in [-0.05, 0) is 5.92 Å². The summed E-state index contributed by atoms with van der Waals surface area (Å²) in [5.74, 6) is 0.884. The van der Waals surface area contributed by atoms with E-state index in [1.165, 1.54) is 6.42 Å². The van der Waals surface area contributed by atoms with E-state index >= 15 is 0 Å². The zero-order valence-electron chi connectivity index (χ0n) is 6.09. The van der Waals surface area contributed by atoms with Gasteiger partial charge in [-0.25, -0.2) is 0 Å². The minimum Gasteiger partial charge on any atom is -0.326 e. The summed E-state index contributed by atoms with van der Waals surface area (Å²) in [5.41, 5.74) is 0. The van der Waals surface area contributed by atoms with Crippen molar-refractivity contribution < 1.29 is 14.4 Å². The van der Waals surface area contributed by atoms with Gasteiger partial charge in [0.1, 0.15) is 0 Å². The Kier molecular flexibility index (Phi) is 10.8. The summed E-state index contributed by atoms with van der Waals surface area (Å²) in [6.07, 6.45) is 1.31. The molecule has 0 radical (unpaired) electrons. The molecule has 0 saturated carbocycles. The summed E-state index contributed by atoms with van der Waals surface area (Å²) in [6, 6.07) is 0. The van der Waals surface area contributed by atoms with Crippen LogP contribution in [-0.4, -0.2) is 9.79 Å². The molecule has 0 unspecified atom stereocenters. The van der Waals surface area contributed by atoms with Crippen molar-refractivity contribution in [3.05, 3.63) is 0 Å². The van der Waals surface area contributed by atoms with Crippen LogP contribution in [0.5, 0.6) is 0 Å². The van der Waals surface area contributed by atoms with Crippen molar-refractivity contribution >= 4 is 8.25 Å². The minimum absolute atomic E-state index is 0.884. The largest absolute Gasteiger partial charge is 0.326 e. The number of rotatable bonds is 1. The second kappa shape index (κ2) is 8.15. The van der Waals surface area contributed by atoms with Crippen LogP contribution in [0.1, 0.15) is 27.2 Å². The predicted octanol–water partition coefficient (Wildman–Crippen LogP) is 1.41. The first-order valence-corrected chi connectivity index (χ1v) is 4.22. The van der Waals surface area contributed by atoms with Crippen LogP contribution in [0.4, 0.5) is 0 Å². The average Bonchev–Trinajstić information content (AvgIpc) is 1.65. The van der Waals surface area contributed by atoms with E-state index in [9.17, 15) is 0 Å². The zero-order chi connectivity index (χ0) is 7.86. The third-order valence-corrected chi connectivity index (χ3v) is 0.816. The molecule has 58 valence electrons. The first-order valence-electron chi connectivity index (χ1n) is 2.92. The van der Waals surface area contributed by atoms with E-state index in [2.05, 4.69) is 20.8 Å².